The van der Waals surface area contributed by atoms with Gasteiger partial charge >= 0.3 is 5.97 Å². The molecule has 1 rings (SSSR count). The molecule has 0 fully saturated rings. The predicted molar refractivity (Wildman–Crippen MR) is 69.6 cm³/mol. The molecule has 1 aromatic heterocycles. The predicted octanol–water partition coefficient (Wildman–Crippen LogP) is 2.40. The summed E-state index contributed by atoms with van der Waals surface area (Å²) in [6.45, 7) is 5.39. The molecule has 0 radical (unpaired) electrons. The summed E-state index contributed by atoms with van der Waals surface area (Å²) >= 11 is 0. The largest absolute Gasteiger partial charge is 0.477 e. The van der Waals surface area contributed by atoms with Crippen LogP contribution in [0.25, 0.3) is 0 Å². The molecule has 94 valence electrons. The van der Waals surface area contributed by atoms with E-state index in [0.29, 0.717) is 5.69 Å². The molecule has 0 atom stereocenters. The maximum Gasteiger partial charge on any atom is 0.352 e. The molecular formula is C11H16ClN3O2. The van der Waals surface area contributed by atoms with Crippen molar-refractivity contribution in [3.63, 3.8) is 0 Å². The summed E-state index contributed by atoms with van der Waals surface area (Å²) in [5, 5.41) is 12.9. The lowest BCUT2D eigenvalue weighted by molar-refractivity contribution is -0.129. The van der Waals surface area contributed by atoms with E-state index in [2.05, 4.69) is 15.5 Å². The lowest BCUT2D eigenvalue weighted by Crippen LogP contribution is -2.29. The van der Waals surface area contributed by atoms with E-state index in [1.54, 1.807) is 45.3 Å². The lowest BCUT2D eigenvalue weighted by Gasteiger charge is -2.17. The number of hydrogen-bond acceptors (Lipinski definition) is 4. The number of carboxylic acid groups (broad SMARTS) is 1. The molecule has 1 heterocycles. The molecule has 5 nitrogen and oxygen atoms in total. The molecule has 2 N–H and O–H groups in total. The van der Waals surface area contributed by atoms with Crippen molar-refractivity contribution in [1.29, 1.82) is 0 Å². The molecule has 17 heavy (non-hydrogen) atoms. The van der Waals surface area contributed by atoms with Crippen LogP contribution in [-0.2, 0) is 4.79 Å². The van der Waals surface area contributed by atoms with Gasteiger partial charge in [-0.05, 0) is 12.1 Å². The normalized spacial score (nSPS) is 11.6. The second kappa shape index (κ2) is 6.20. The van der Waals surface area contributed by atoms with Gasteiger partial charge in [0.25, 0.3) is 0 Å². The first kappa shape index (κ1) is 15.4. The van der Waals surface area contributed by atoms with Crippen molar-refractivity contribution in [3.8, 4) is 0 Å². The molecule has 0 aliphatic heterocycles. The Balaban J connectivity index is 0.00000256. The number of nitrogens with zero attached hydrogens (tertiary/aromatic N) is 2. The number of nitrogens with one attached hydrogen (secondary N) is 1. The van der Waals surface area contributed by atoms with E-state index in [4.69, 9.17) is 5.11 Å². The molecular weight excluding hydrogens is 242 g/mol. The zero-order chi connectivity index (χ0) is 12.2. The highest BCUT2D eigenvalue weighted by Crippen LogP contribution is 2.16. The van der Waals surface area contributed by atoms with Crippen LogP contribution in [0.1, 0.15) is 20.8 Å². The molecule has 0 saturated heterocycles. The Kier molecular flexibility index (Phi) is 5.61. The van der Waals surface area contributed by atoms with Crippen LogP contribution >= 0.6 is 12.4 Å². The van der Waals surface area contributed by atoms with Crippen LogP contribution in [-0.4, -0.2) is 21.8 Å². The first-order chi connectivity index (χ1) is 7.41. The summed E-state index contributed by atoms with van der Waals surface area (Å²) in [4.78, 5) is 14.9. The van der Waals surface area contributed by atoms with E-state index < -0.39 is 11.4 Å². The van der Waals surface area contributed by atoms with Crippen LogP contribution in [0.5, 0.6) is 0 Å². The Bertz CT molecular complexity index is 399. The second-order valence-electron chi connectivity index (χ2n) is 4.37. The summed E-state index contributed by atoms with van der Waals surface area (Å²) in [5.41, 5.74) is 2.90. The number of hydrogen-bond donors (Lipinski definition) is 2. The van der Waals surface area contributed by atoms with E-state index >= 15 is 0 Å². The minimum absolute atomic E-state index is 0. The highest BCUT2D eigenvalue weighted by atomic mass is 35.5. The molecule has 0 unspecified atom stereocenters. The van der Waals surface area contributed by atoms with E-state index in [1.807, 2.05) is 0 Å². The Labute approximate surface area is 106 Å². The summed E-state index contributed by atoms with van der Waals surface area (Å²) in [6.07, 6.45) is 3.21. The summed E-state index contributed by atoms with van der Waals surface area (Å²) in [5.74, 6) is -1.02. The fourth-order valence-corrected chi connectivity index (χ4v) is 1.09. The van der Waals surface area contributed by atoms with Crippen molar-refractivity contribution in [2.45, 2.75) is 20.8 Å². The van der Waals surface area contributed by atoms with Gasteiger partial charge in [-0.2, -0.15) is 5.10 Å². The third-order valence-electron chi connectivity index (χ3n) is 1.87. The molecule has 0 spiro atoms. The number of aliphatic carboxylic acids is 1. The third-order valence-corrected chi connectivity index (χ3v) is 1.87. The van der Waals surface area contributed by atoms with Crippen molar-refractivity contribution in [3.05, 3.63) is 24.5 Å². The number of hydrazone groups is 1. The molecule has 0 aliphatic rings. The van der Waals surface area contributed by atoms with Crippen LogP contribution in [0.4, 0.5) is 5.69 Å². The first-order valence-corrected chi connectivity index (χ1v) is 4.89. The molecule has 0 aliphatic carbocycles. The van der Waals surface area contributed by atoms with Crippen LogP contribution in [0.2, 0.25) is 0 Å². The standard InChI is InChI=1S/C11H15N3O2.ClH/c1-11(2,3)9(10(15)16)14-13-8-5-4-6-12-7-8;/h4-7,13H,1-3H3,(H,15,16);1H/b14-9-;. The van der Waals surface area contributed by atoms with Gasteiger partial charge in [0.2, 0.25) is 0 Å². The second-order valence-corrected chi connectivity index (χ2v) is 4.37. The molecule has 0 bridgehead atoms. The zero-order valence-corrected chi connectivity index (χ0v) is 10.8. The number of carbonyl (C=O) groups is 1. The van der Waals surface area contributed by atoms with Gasteiger partial charge in [0.05, 0.1) is 11.9 Å². The molecule has 1 aromatic rings. The van der Waals surface area contributed by atoms with Gasteiger partial charge in [-0.1, -0.05) is 20.8 Å². The number of rotatable bonds is 3. The molecule has 0 aromatic carbocycles. The minimum Gasteiger partial charge on any atom is -0.477 e. The van der Waals surface area contributed by atoms with Crippen LogP contribution in [0, 0.1) is 5.41 Å². The maximum absolute atomic E-state index is 11.0. The van der Waals surface area contributed by atoms with Gasteiger partial charge in [-0.3, -0.25) is 10.4 Å². The van der Waals surface area contributed by atoms with Gasteiger partial charge < -0.3 is 5.11 Å². The number of carboxylic acids is 1. The van der Waals surface area contributed by atoms with Crippen LogP contribution in [0.3, 0.4) is 0 Å². The van der Waals surface area contributed by atoms with Crippen molar-refractivity contribution >= 4 is 29.8 Å². The van der Waals surface area contributed by atoms with E-state index in [0.717, 1.165) is 0 Å². The Morgan fingerprint density at radius 1 is 1.47 bits per heavy atom. The number of aromatic nitrogens is 1. The quantitative estimate of drug-likeness (QED) is 0.644. The van der Waals surface area contributed by atoms with Gasteiger partial charge in [0, 0.05) is 11.6 Å². The monoisotopic (exact) mass is 257 g/mol. The number of anilines is 1. The van der Waals surface area contributed by atoms with E-state index in [9.17, 15) is 4.79 Å². The van der Waals surface area contributed by atoms with E-state index in [1.165, 1.54) is 0 Å². The number of pyridine rings is 1. The SMILES string of the molecule is CC(C)(C)/C(=N\Nc1cccnc1)C(=O)O.Cl. The first-order valence-electron chi connectivity index (χ1n) is 4.89. The van der Waals surface area contributed by atoms with Crippen LogP contribution in [0.15, 0.2) is 29.6 Å². The lowest BCUT2D eigenvalue weighted by atomic mass is 9.90. The maximum atomic E-state index is 11.0. The van der Waals surface area contributed by atoms with Crippen molar-refractivity contribution in [2.75, 3.05) is 5.43 Å². The fourth-order valence-electron chi connectivity index (χ4n) is 1.09. The van der Waals surface area contributed by atoms with Crippen molar-refractivity contribution in [1.82, 2.24) is 4.98 Å². The average molecular weight is 258 g/mol. The zero-order valence-electron chi connectivity index (χ0n) is 9.97. The molecule has 0 saturated carbocycles. The third kappa shape index (κ3) is 4.82. The average Bonchev–Trinajstić information content (AvgIpc) is 2.17. The molecule has 0 amide bonds. The summed E-state index contributed by atoms with van der Waals surface area (Å²) < 4.78 is 0. The smallest absolute Gasteiger partial charge is 0.352 e. The topological polar surface area (TPSA) is 74.6 Å². The van der Waals surface area contributed by atoms with Gasteiger partial charge in [-0.25, -0.2) is 4.79 Å². The number of halogens is 1. The molecule has 6 heteroatoms. The summed E-state index contributed by atoms with van der Waals surface area (Å²) in [7, 11) is 0. The summed E-state index contributed by atoms with van der Waals surface area (Å²) in [6, 6.07) is 3.51. The fraction of sp³-hybridized carbons (Fsp3) is 0.364. The van der Waals surface area contributed by atoms with E-state index in [-0.39, 0.29) is 18.1 Å². The van der Waals surface area contributed by atoms with Crippen molar-refractivity contribution in [2.24, 2.45) is 10.5 Å². The Morgan fingerprint density at radius 2 is 2.12 bits per heavy atom. The van der Waals surface area contributed by atoms with Crippen LogP contribution < -0.4 is 5.43 Å². The highest BCUT2D eigenvalue weighted by molar-refractivity contribution is 6.37. The van der Waals surface area contributed by atoms with Gasteiger partial charge in [-0.15, -0.1) is 12.4 Å². The van der Waals surface area contributed by atoms with Crippen molar-refractivity contribution < 1.29 is 9.90 Å². The highest BCUT2D eigenvalue weighted by Gasteiger charge is 2.25. The Hall–Kier alpha value is -1.62. The van der Waals surface area contributed by atoms with Gasteiger partial charge in [0.1, 0.15) is 0 Å². The Morgan fingerprint density at radius 3 is 2.53 bits per heavy atom. The van der Waals surface area contributed by atoms with Gasteiger partial charge in [0.15, 0.2) is 5.71 Å². The minimum atomic E-state index is -1.02.